The molecule has 0 amide bonds. The third kappa shape index (κ3) is 4.40. The van der Waals surface area contributed by atoms with Crippen molar-refractivity contribution in [3.05, 3.63) is 34.4 Å². The summed E-state index contributed by atoms with van der Waals surface area (Å²) in [6.07, 6.45) is 0.604. The van der Waals surface area contributed by atoms with Gasteiger partial charge in [0.15, 0.2) is 9.84 Å². The third-order valence-corrected chi connectivity index (χ3v) is 5.38. The van der Waals surface area contributed by atoms with Crippen LogP contribution in [0.1, 0.15) is 13.3 Å². The predicted octanol–water partition coefficient (Wildman–Crippen LogP) is 1.14. The number of rotatable bonds is 6. The van der Waals surface area contributed by atoms with E-state index in [4.69, 9.17) is 4.74 Å². The van der Waals surface area contributed by atoms with Crippen molar-refractivity contribution in [3.8, 4) is 5.75 Å². The minimum absolute atomic E-state index is 0.0177. The summed E-state index contributed by atoms with van der Waals surface area (Å²) in [5, 5.41) is 13.7. The van der Waals surface area contributed by atoms with E-state index >= 15 is 0 Å². The molecule has 8 heteroatoms. The van der Waals surface area contributed by atoms with Crippen LogP contribution in [0.3, 0.4) is 0 Å². The van der Waals surface area contributed by atoms with Crippen LogP contribution < -0.4 is 10.1 Å². The van der Waals surface area contributed by atoms with Crippen LogP contribution in [0.5, 0.6) is 5.75 Å². The monoisotopic (exact) mass is 314 g/mol. The highest BCUT2D eigenvalue weighted by Crippen LogP contribution is 2.22. The molecule has 1 atom stereocenters. The van der Waals surface area contributed by atoms with Crippen LogP contribution in [-0.2, 0) is 9.84 Å². The Balaban J connectivity index is 1.76. The number of benzene rings is 1. The van der Waals surface area contributed by atoms with Gasteiger partial charge in [0, 0.05) is 24.2 Å². The van der Waals surface area contributed by atoms with Crippen molar-refractivity contribution in [2.45, 2.75) is 18.9 Å². The average Bonchev–Trinajstić information content (AvgIpc) is 2.70. The van der Waals surface area contributed by atoms with Gasteiger partial charge in [-0.15, -0.1) is 0 Å². The molecule has 0 aliphatic carbocycles. The van der Waals surface area contributed by atoms with E-state index in [9.17, 15) is 18.5 Å². The van der Waals surface area contributed by atoms with Gasteiger partial charge in [-0.25, -0.2) is 8.42 Å². The van der Waals surface area contributed by atoms with Gasteiger partial charge < -0.3 is 10.1 Å². The first kappa shape index (κ1) is 15.7. The predicted molar refractivity (Wildman–Crippen MR) is 78.3 cm³/mol. The van der Waals surface area contributed by atoms with Gasteiger partial charge in [0.1, 0.15) is 12.4 Å². The Morgan fingerprint density at radius 3 is 2.57 bits per heavy atom. The fraction of sp³-hybridized carbons (Fsp3) is 0.538. The minimum Gasteiger partial charge on any atom is -0.492 e. The van der Waals surface area contributed by atoms with Crippen molar-refractivity contribution in [1.29, 1.82) is 0 Å². The van der Waals surface area contributed by atoms with E-state index in [1.807, 2.05) is 6.92 Å². The summed E-state index contributed by atoms with van der Waals surface area (Å²) < 4.78 is 28.4. The molecule has 1 aromatic rings. The number of ether oxygens (including phenoxy) is 1. The number of sulfone groups is 1. The average molecular weight is 314 g/mol. The molecule has 1 heterocycles. The van der Waals surface area contributed by atoms with Crippen LogP contribution in [-0.4, -0.2) is 43.5 Å². The van der Waals surface area contributed by atoms with E-state index in [-0.39, 0.29) is 17.2 Å². The Hall–Kier alpha value is -1.67. The van der Waals surface area contributed by atoms with Gasteiger partial charge >= 0.3 is 0 Å². The molecule has 1 unspecified atom stereocenters. The zero-order chi connectivity index (χ0) is 15.5. The van der Waals surface area contributed by atoms with Crippen molar-refractivity contribution >= 4 is 15.5 Å². The van der Waals surface area contributed by atoms with Gasteiger partial charge in [-0.3, -0.25) is 10.1 Å². The second kappa shape index (κ2) is 5.98. The lowest BCUT2D eigenvalue weighted by Crippen LogP contribution is -2.45. The van der Waals surface area contributed by atoms with Gasteiger partial charge in [0.2, 0.25) is 0 Å². The molecule has 21 heavy (non-hydrogen) atoms. The molecule has 1 aromatic carbocycles. The van der Waals surface area contributed by atoms with E-state index in [0.717, 1.165) is 0 Å². The van der Waals surface area contributed by atoms with Crippen LogP contribution in [0.4, 0.5) is 5.69 Å². The highest BCUT2D eigenvalue weighted by Gasteiger charge is 2.37. The second-order valence-corrected chi connectivity index (χ2v) is 7.61. The Bertz CT molecular complexity index is 614. The van der Waals surface area contributed by atoms with Crippen molar-refractivity contribution in [2.75, 3.05) is 24.7 Å². The van der Waals surface area contributed by atoms with E-state index < -0.39 is 20.3 Å². The van der Waals surface area contributed by atoms with Crippen LogP contribution in [0.15, 0.2) is 24.3 Å². The van der Waals surface area contributed by atoms with Crippen LogP contribution in [0, 0.1) is 10.1 Å². The zero-order valence-corrected chi connectivity index (χ0v) is 12.6. The van der Waals surface area contributed by atoms with E-state index in [0.29, 0.717) is 25.3 Å². The Labute approximate surface area is 123 Å². The third-order valence-electron chi connectivity index (χ3n) is 3.47. The number of nitrogens with zero attached hydrogens (tertiary/aromatic N) is 1. The van der Waals surface area contributed by atoms with E-state index in [2.05, 4.69) is 5.32 Å². The molecule has 0 bridgehead atoms. The molecule has 0 saturated carbocycles. The second-order valence-electron chi connectivity index (χ2n) is 5.43. The SMILES string of the molecule is CC1(NCCOc2ccc([N+](=O)[O-])cc2)CCS(=O)(=O)C1. The van der Waals surface area contributed by atoms with Crippen LogP contribution in [0.2, 0.25) is 0 Å². The summed E-state index contributed by atoms with van der Waals surface area (Å²) in [5.74, 6) is 0.920. The van der Waals surface area contributed by atoms with Gasteiger partial charge in [-0.2, -0.15) is 0 Å². The molecule has 116 valence electrons. The molecule has 1 aliphatic rings. The lowest BCUT2D eigenvalue weighted by Gasteiger charge is -2.23. The van der Waals surface area contributed by atoms with Gasteiger partial charge in [-0.05, 0) is 25.5 Å². The Kier molecular flexibility index (Phi) is 4.48. The summed E-state index contributed by atoms with van der Waals surface area (Å²) in [5.41, 5.74) is -0.373. The lowest BCUT2D eigenvalue weighted by atomic mass is 10.0. The minimum atomic E-state index is -2.92. The molecule has 7 nitrogen and oxygen atoms in total. The first-order valence-corrected chi connectivity index (χ1v) is 8.45. The van der Waals surface area contributed by atoms with Gasteiger partial charge in [0.05, 0.1) is 16.4 Å². The summed E-state index contributed by atoms with van der Waals surface area (Å²) in [4.78, 5) is 10.0. The maximum absolute atomic E-state index is 11.5. The molecular weight excluding hydrogens is 296 g/mol. The first-order chi connectivity index (χ1) is 9.80. The van der Waals surface area contributed by atoms with Crippen molar-refractivity contribution in [1.82, 2.24) is 5.32 Å². The summed E-state index contributed by atoms with van der Waals surface area (Å²) in [7, 11) is -2.92. The molecule has 2 rings (SSSR count). The van der Waals surface area contributed by atoms with Crippen LogP contribution >= 0.6 is 0 Å². The van der Waals surface area contributed by atoms with Gasteiger partial charge in [-0.1, -0.05) is 0 Å². The Morgan fingerprint density at radius 2 is 2.05 bits per heavy atom. The fourth-order valence-corrected chi connectivity index (χ4v) is 4.46. The topological polar surface area (TPSA) is 98.5 Å². The quantitative estimate of drug-likeness (QED) is 0.480. The molecule has 0 aromatic heterocycles. The number of nitrogens with one attached hydrogen (secondary N) is 1. The summed E-state index contributed by atoms with van der Waals surface area (Å²) >= 11 is 0. The number of hydrogen-bond donors (Lipinski definition) is 1. The molecule has 1 aliphatic heterocycles. The first-order valence-electron chi connectivity index (χ1n) is 6.62. The highest BCUT2D eigenvalue weighted by molar-refractivity contribution is 7.91. The summed E-state index contributed by atoms with van der Waals surface area (Å²) in [6.45, 7) is 2.78. The van der Waals surface area contributed by atoms with Crippen molar-refractivity contribution in [2.24, 2.45) is 0 Å². The number of non-ortho nitro benzene ring substituents is 1. The molecule has 0 radical (unpaired) electrons. The Morgan fingerprint density at radius 1 is 1.38 bits per heavy atom. The smallest absolute Gasteiger partial charge is 0.269 e. The lowest BCUT2D eigenvalue weighted by molar-refractivity contribution is -0.384. The standard InChI is InChI=1S/C13H18N2O5S/c1-13(6-9-21(18,19)10-13)14-7-8-20-12-4-2-11(3-5-12)15(16)17/h2-5,14H,6-10H2,1H3. The largest absolute Gasteiger partial charge is 0.492 e. The molecule has 1 N–H and O–H groups in total. The molecule has 1 fully saturated rings. The molecular formula is C13H18N2O5S. The zero-order valence-electron chi connectivity index (χ0n) is 11.7. The van der Waals surface area contributed by atoms with Gasteiger partial charge in [0.25, 0.3) is 5.69 Å². The van der Waals surface area contributed by atoms with Crippen molar-refractivity contribution in [3.63, 3.8) is 0 Å². The number of nitro benzene ring substituents is 1. The maximum atomic E-state index is 11.5. The normalized spacial score (nSPS) is 23.9. The highest BCUT2D eigenvalue weighted by atomic mass is 32.2. The number of hydrogen-bond acceptors (Lipinski definition) is 6. The number of nitro groups is 1. The summed E-state index contributed by atoms with van der Waals surface area (Å²) in [6, 6.07) is 5.85. The molecule has 1 saturated heterocycles. The van der Waals surface area contributed by atoms with Crippen molar-refractivity contribution < 1.29 is 18.1 Å². The van der Waals surface area contributed by atoms with E-state index in [1.54, 1.807) is 12.1 Å². The maximum Gasteiger partial charge on any atom is 0.269 e. The van der Waals surface area contributed by atoms with E-state index in [1.165, 1.54) is 12.1 Å². The molecule has 0 spiro atoms. The van der Waals surface area contributed by atoms with Crippen LogP contribution in [0.25, 0.3) is 0 Å². The fourth-order valence-electron chi connectivity index (χ4n) is 2.34.